The van der Waals surface area contributed by atoms with Gasteiger partial charge in [0.1, 0.15) is 13.2 Å². The number of nitrogens with zero attached hydrogens (tertiary/aromatic N) is 1. The van der Waals surface area contributed by atoms with Crippen LogP contribution in [0.4, 0.5) is 5.69 Å². The van der Waals surface area contributed by atoms with Crippen LogP contribution in [-0.4, -0.2) is 39.0 Å². The lowest BCUT2D eigenvalue weighted by molar-refractivity contribution is 0.171. The van der Waals surface area contributed by atoms with E-state index < -0.39 is 10.2 Å². The second-order valence-corrected chi connectivity index (χ2v) is 6.60. The van der Waals surface area contributed by atoms with Gasteiger partial charge >= 0.3 is 10.2 Å². The minimum Gasteiger partial charge on any atom is -0.486 e. The Labute approximate surface area is 118 Å². The molecular weight excluding hydrogens is 280 g/mol. The van der Waals surface area contributed by atoms with Crippen molar-refractivity contribution in [3.8, 4) is 11.5 Å². The smallest absolute Gasteiger partial charge is 0.301 e. The van der Waals surface area contributed by atoms with Gasteiger partial charge in [-0.3, -0.25) is 4.72 Å². The maximum atomic E-state index is 12.3. The standard InChI is InChI=1S/C13H18N2O4S/c16-20(17,15-6-2-1-3-7-15)14-11-4-5-12-13(10-11)19-9-8-18-12/h4-5,10,14H,1-3,6-9H2. The maximum Gasteiger partial charge on any atom is 0.301 e. The van der Waals surface area contributed by atoms with Gasteiger partial charge < -0.3 is 9.47 Å². The fourth-order valence-electron chi connectivity index (χ4n) is 2.43. The summed E-state index contributed by atoms with van der Waals surface area (Å²) >= 11 is 0. The molecule has 2 heterocycles. The van der Waals surface area contributed by atoms with Gasteiger partial charge in [0.2, 0.25) is 0 Å². The zero-order chi connectivity index (χ0) is 14.0. The van der Waals surface area contributed by atoms with Crippen LogP contribution in [0.5, 0.6) is 11.5 Å². The average molecular weight is 298 g/mol. The number of ether oxygens (including phenoxy) is 2. The normalized spacial score (nSPS) is 19.6. The Hall–Kier alpha value is -1.47. The van der Waals surface area contributed by atoms with Crippen molar-refractivity contribution in [1.82, 2.24) is 4.31 Å². The monoisotopic (exact) mass is 298 g/mol. The molecule has 0 atom stereocenters. The summed E-state index contributed by atoms with van der Waals surface area (Å²) in [5.41, 5.74) is 0.500. The maximum absolute atomic E-state index is 12.3. The summed E-state index contributed by atoms with van der Waals surface area (Å²) in [7, 11) is -3.48. The first kappa shape index (κ1) is 13.5. The van der Waals surface area contributed by atoms with E-state index in [1.165, 1.54) is 4.31 Å². The Morgan fingerprint density at radius 1 is 1.00 bits per heavy atom. The predicted molar refractivity (Wildman–Crippen MR) is 75.4 cm³/mol. The summed E-state index contributed by atoms with van der Waals surface area (Å²) in [5.74, 6) is 1.23. The average Bonchev–Trinajstić information content (AvgIpc) is 2.48. The lowest BCUT2D eigenvalue weighted by atomic mass is 10.2. The summed E-state index contributed by atoms with van der Waals surface area (Å²) in [5, 5.41) is 0. The summed E-state index contributed by atoms with van der Waals surface area (Å²) in [6.45, 7) is 2.17. The van der Waals surface area contributed by atoms with E-state index in [4.69, 9.17) is 9.47 Å². The minimum atomic E-state index is -3.48. The highest BCUT2D eigenvalue weighted by molar-refractivity contribution is 7.90. The highest BCUT2D eigenvalue weighted by Crippen LogP contribution is 2.33. The Morgan fingerprint density at radius 2 is 1.70 bits per heavy atom. The van der Waals surface area contributed by atoms with E-state index in [1.54, 1.807) is 18.2 Å². The third-order valence-electron chi connectivity index (χ3n) is 3.44. The number of rotatable bonds is 3. The Balaban J connectivity index is 1.76. The van der Waals surface area contributed by atoms with Crippen LogP contribution in [0, 0.1) is 0 Å². The fourth-order valence-corrected chi connectivity index (χ4v) is 3.72. The van der Waals surface area contributed by atoms with Crippen LogP contribution in [0.1, 0.15) is 19.3 Å². The van der Waals surface area contributed by atoms with Crippen molar-refractivity contribution >= 4 is 15.9 Å². The third kappa shape index (κ3) is 2.83. The number of fused-ring (bicyclic) bond motifs is 1. The van der Waals surface area contributed by atoms with Gasteiger partial charge in [0.25, 0.3) is 0 Å². The van der Waals surface area contributed by atoms with Gasteiger partial charge in [-0.25, -0.2) is 0 Å². The summed E-state index contributed by atoms with van der Waals surface area (Å²) in [6.07, 6.45) is 2.93. The SMILES string of the molecule is O=S(=O)(Nc1ccc2c(c1)OCCO2)N1CCCCC1. The molecule has 0 radical (unpaired) electrons. The van der Waals surface area contributed by atoms with Crippen LogP contribution in [0.25, 0.3) is 0 Å². The molecule has 0 unspecified atom stereocenters. The molecular formula is C13H18N2O4S. The highest BCUT2D eigenvalue weighted by Gasteiger charge is 2.24. The van der Waals surface area contributed by atoms with Crippen LogP contribution < -0.4 is 14.2 Å². The summed E-state index contributed by atoms with van der Waals surface area (Å²) in [4.78, 5) is 0. The molecule has 2 aliphatic rings. The van der Waals surface area contributed by atoms with E-state index in [1.807, 2.05) is 0 Å². The number of hydrogen-bond donors (Lipinski definition) is 1. The molecule has 0 amide bonds. The molecule has 1 fully saturated rings. The van der Waals surface area contributed by atoms with Gasteiger partial charge in [-0.05, 0) is 25.0 Å². The second-order valence-electron chi connectivity index (χ2n) is 4.93. The molecule has 20 heavy (non-hydrogen) atoms. The number of benzene rings is 1. The van der Waals surface area contributed by atoms with Crippen molar-refractivity contribution in [2.75, 3.05) is 31.0 Å². The molecule has 7 heteroatoms. The Morgan fingerprint density at radius 3 is 2.45 bits per heavy atom. The van der Waals surface area contributed by atoms with E-state index in [-0.39, 0.29) is 0 Å². The lowest BCUT2D eigenvalue weighted by Crippen LogP contribution is -2.39. The molecule has 1 N–H and O–H groups in total. The van der Waals surface area contributed by atoms with Crippen LogP contribution >= 0.6 is 0 Å². The largest absolute Gasteiger partial charge is 0.486 e. The molecule has 0 bridgehead atoms. The van der Waals surface area contributed by atoms with Gasteiger partial charge in [0, 0.05) is 19.2 Å². The number of piperidine rings is 1. The molecule has 0 saturated carbocycles. The molecule has 110 valence electrons. The third-order valence-corrected chi connectivity index (χ3v) is 4.98. The number of nitrogens with one attached hydrogen (secondary N) is 1. The molecule has 1 aromatic carbocycles. The highest BCUT2D eigenvalue weighted by atomic mass is 32.2. The molecule has 3 rings (SSSR count). The Kier molecular flexibility index (Phi) is 3.71. The van der Waals surface area contributed by atoms with Gasteiger partial charge in [0.15, 0.2) is 11.5 Å². The van der Waals surface area contributed by atoms with Gasteiger partial charge in [-0.15, -0.1) is 0 Å². The lowest BCUT2D eigenvalue weighted by Gasteiger charge is -2.26. The minimum absolute atomic E-state index is 0.481. The van der Waals surface area contributed by atoms with Gasteiger partial charge in [-0.1, -0.05) is 6.42 Å². The van der Waals surface area contributed by atoms with E-state index in [2.05, 4.69) is 4.72 Å². The van der Waals surface area contributed by atoms with Gasteiger partial charge in [0.05, 0.1) is 5.69 Å². The van der Waals surface area contributed by atoms with Crippen molar-refractivity contribution in [1.29, 1.82) is 0 Å². The zero-order valence-electron chi connectivity index (χ0n) is 11.2. The quantitative estimate of drug-likeness (QED) is 0.920. The predicted octanol–water partition coefficient (Wildman–Crippen LogP) is 1.60. The molecule has 6 nitrogen and oxygen atoms in total. The first-order valence-electron chi connectivity index (χ1n) is 6.83. The van der Waals surface area contributed by atoms with Crippen molar-refractivity contribution in [2.45, 2.75) is 19.3 Å². The number of hydrogen-bond acceptors (Lipinski definition) is 4. The summed E-state index contributed by atoms with van der Waals surface area (Å²) in [6, 6.07) is 5.08. The van der Waals surface area contributed by atoms with Crippen molar-refractivity contribution in [3.05, 3.63) is 18.2 Å². The van der Waals surface area contributed by atoms with E-state index >= 15 is 0 Å². The zero-order valence-corrected chi connectivity index (χ0v) is 12.0. The van der Waals surface area contributed by atoms with Crippen molar-refractivity contribution in [2.24, 2.45) is 0 Å². The fraction of sp³-hybridized carbons (Fsp3) is 0.538. The second kappa shape index (κ2) is 5.49. The Bertz CT molecular complexity index is 582. The molecule has 2 aliphatic heterocycles. The number of anilines is 1. The molecule has 1 aromatic rings. The van der Waals surface area contributed by atoms with Crippen molar-refractivity contribution in [3.63, 3.8) is 0 Å². The molecule has 1 saturated heterocycles. The van der Waals surface area contributed by atoms with Crippen LogP contribution in [0.2, 0.25) is 0 Å². The van der Waals surface area contributed by atoms with E-state index in [0.717, 1.165) is 19.3 Å². The topological polar surface area (TPSA) is 67.9 Å². The molecule has 0 aromatic heterocycles. The summed E-state index contributed by atoms with van der Waals surface area (Å²) < 4.78 is 39.5. The van der Waals surface area contributed by atoms with E-state index in [9.17, 15) is 8.42 Å². The first-order valence-corrected chi connectivity index (χ1v) is 8.27. The first-order chi connectivity index (χ1) is 9.65. The van der Waals surface area contributed by atoms with Crippen molar-refractivity contribution < 1.29 is 17.9 Å². The van der Waals surface area contributed by atoms with E-state index in [0.29, 0.717) is 43.5 Å². The van der Waals surface area contributed by atoms with Crippen LogP contribution in [0.15, 0.2) is 18.2 Å². The molecule has 0 aliphatic carbocycles. The van der Waals surface area contributed by atoms with Crippen LogP contribution in [-0.2, 0) is 10.2 Å². The molecule has 0 spiro atoms. The van der Waals surface area contributed by atoms with Gasteiger partial charge in [-0.2, -0.15) is 12.7 Å². The van der Waals surface area contributed by atoms with Crippen LogP contribution in [0.3, 0.4) is 0 Å².